The molecule has 0 bridgehead atoms. The molecule has 0 atom stereocenters. The van der Waals surface area contributed by atoms with Crippen molar-refractivity contribution in [3.8, 4) is 5.75 Å². The monoisotopic (exact) mass is 347 g/mol. The van der Waals surface area contributed by atoms with Crippen molar-refractivity contribution >= 4 is 23.3 Å². The molecule has 0 unspecified atom stereocenters. The summed E-state index contributed by atoms with van der Waals surface area (Å²) >= 11 is 6.14. The highest BCUT2D eigenvalue weighted by Gasteiger charge is 2.07. The van der Waals surface area contributed by atoms with Crippen LogP contribution in [0.15, 0.2) is 42.5 Å². The Bertz CT molecular complexity index is 687. The topological polar surface area (TPSA) is 64.6 Å². The van der Waals surface area contributed by atoms with Crippen LogP contribution < -0.4 is 10.6 Å². The fourth-order valence-electron chi connectivity index (χ4n) is 2.28. The molecule has 0 spiro atoms. The van der Waals surface area contributed by atoms with E-state index in [1.54, 1.807) is 18.2 Å². The first kappa shape index (κ1) is 18.1. The van der Waals surface area contributed by atoms with E-state index in [-0.39, 0.29) is 11.8 Å². The van der Waals surface area contributed by atoms with E-state index in [0.29, 0.717) is 23.7 Å². The second kappa shape index (κ2) is 8.57. The largest absolute Gasteiger partial charge is 0.508 e. The summed E-state index contributed by atoms with van der Waals surface area (Å²) < 4.78 is 0. The molecule has 0 saturated heterocycles. The fourth-order valence-corrected chi connectivity index (χ4v) is 2.45. The van der Waals surface area contributed by atoms with E-state index < -0.39 is 0 Å². The summed E-state index contributed by atoms with van der Waals surface area (Å²) in [5.74, 6) is 0.233. The number of benzene rings is 2. The van der Waals surface area contributed by atoms with E-state index in [1.165, 1.54) is 0 Å². The second-order valence-corrected chi connectivity index (χ2v) is 6.26. The van der Waals surface area contributed by atoms with Gasteiger partial charge in [-0.25, -0.2) is 4.79 Å². The van der Waals surface area contributed by atoms with E-state index in [2.05, 4.69) is 10.6 Å². The first-order valence-electron chi connectivity index (χ1n) is 7.70. The Morgan fingerprint density at radius 1 is 1.12 bits per heavy atom. The average Bonchev–Trinajstić information content (AvgIpc) is 2.52. The molecule has 2 aromatic rings. The summed E-state index contributed by atoms with van der Waals surface area (Å²) in [7, 11) is 3.97. The van der Waals surface area contributed by atoms with Crippen LogP contribution in [0.5, 0.6) is 5.75 Å². The van der Waals surface area contributed by atoms with Crippen molar-refractivity contribution in [3.63, 3.8) is 0 Å². The fraction of sp³-hybridized carbons (Fsp3) is 0.278. The molecule has 5 nitrogen and oxygen atoms in total. The maximum atomic E-state index is 12.0. The SMILES string of the molecule is CN(C)Cc1ccc(Cl)c(NC(=O)NCCc2ccc(O)cc2)c1. The number of hydrogen-bond acceptors (Lipinski definition) is 3. The molecule has 0 fully saturated rings. The summed E-state index contributed by atoms with van der Waals surface area (Å²) in [4.78, 5) is 14.1. The molecule has 0 heterocycles. The van der Waals surface area contributed by atoms with Crippen molar-refractivity contribution in [3.05, 3.63) is 58.6 Å². The van der Waals surface area contributed by atoms with Crippen LogP contribution in [-0.2, 0) is 13.0 Å². The van der Waals surface area contributed by atoms with Gasteiger partial charge in [0.05, 0.1) is 10.7 Å². The summed E-state index contributed by atoms with van der Waals surface area (Å²) in [6.45, 7) is 1.26. The molecule has 2 amide bonds. The minimum Gasteiger partial charge on any atom is -0.508 e. The molecule has 2 rings (SSSR count). The Labute approximate surface area is 147 Å². The van der Waals surface area contributed by atoms with Gasteiger partial charge in [0, 0.05) is 13.1 Å². The smallest absolute Gasteiger partial charge is 0.319 e. The minimum absolute atomic E-state index is 0.233. The standard InChI is InChI=1S/C18H22ClN3O2/c1-22(2)12-14-5-8-16(19)17(11-14)21-18(24)20-10-9-13-3-6-15(23)7-4-13/h3-8,11,23H,9-10,12H2,1-2H3,(H2,20,21,24). The van der Waals surface area contributed by atoms with Gasteiger partial charge in [0.2, 0.25) is 0 Å². The maximum Gasteiger partial charge on any atom is 0.319 e. The third kappa shape index (κ3) is 5.76. The normalized spacial score (nSPS) is 10.7. The highest BCUT2D eigenvalue weighted by atomic mass is 35.5. The minimum atomic E-state index is -0.294. The molecule has 24 heavy (non-hydrogen) atoms. The number of amides is 2. The van der Waals surface area contributed by atoms with Gasteiger partial charge in [0.1, 0.15) is 5.75 Å². The second-order valence-electron chi connectivity index (χ2n) is 5.85. The summed E-state index contributed by atoms with van der Waals surface area (Å²) in [6, 6.07) is 12.2. The lowest BCUT2D eigenvalue weighted by atomic mass is 10.1. The van der Waals surface area contributed by atoms with E-state index in [0.717, 1.165) is 17.7 Å². The average molecular weight is 348 g/mol. The van der Waals surface area contributed by atoms with Crippen LogP contribution in [0.3, 0.4) is 0 Å². The van der Waals surface area contributed by atoms with E-state index in [9.17, 15) is 9.90 Å². The zero-order valence-electron chi connectivity index (χ0n) is 13.8. The third-order valence-corrected chi connectivity index (χ3v) is 3.74. The first-order valence-corrected chi connectivity index (χ1v) is 8.08. The Hall–Kier alpha value is -2.24. The van der Waals surface area contributed by atoms with Crippen molar-refractivity contribution in [2.45, 2.75) is 13.0 Å². The van der Waals surface area contributed by atoms with Gasteiger partial charge < -0.3 is 20.6 Å². The number of rotatable bonds is 6. The lowest BCUT2D eigenvalue weighted by Crippen LogP contribution is -2.30. The van der Waals surface area contributed by atoms with Crippen LogP contribution in [0.2, 0.25) is 5.02 Å². The quantitative estimate of drug-likeness (QED) is 0.749. The predicted octanol–water partition coefficient (Wildman–Crippen LogP) is 3.47. The molecule has 0 aliphatic carbocycles. The highest BCUT2D eigenvalue weighted by Crippen LogP contribution is 2.23. The van der Waals surface area contributed by atoms with E-state index >= 15 is 0 Å². The molecule has 0 saturated carbocycles. The molecule has 0 aliphatic rings. The zero-order chi connectivity index (χ0) is 17.5. The van der Waals surface area contributed by atoms with Crippen LogP contribution in [0.1, 0.15) is 11.1 Å². The van der Waals surface area contributed by atoms with Crippen molar-refractivity contribution in [2.24, 2.45) is 0 Å². The third-order valence-electron chi connectivity index (χ3n) is 3.41. The summed E-state index contributed by atoms with van der Waals surface area (Å²) in [6.07, 6.45) is 0.683. The molecular formula is C18H22ClN3O2. The Morgan fingerprint density at radius 3 is 2.46 bits per heavy atom. The Balaban J connectivity index is 1.86. The van der Waals surface area contributed by atoms with Crippen molar-refractivity contribution in [1.82, 2.24) is 10.2 Å². The molecule has 0 aromatic heterocycles. The summed E-state index contributed by atoms with van der Waals surface area (Å²) in [5.41, 5.74) is 2.71. The van der Waals surface area contributed by atoms with Crippen LogP contribution in [-0.4, -0.2) is 36.7 Å². The van der Waals surface area contributed by atoms with E-state index in [4.69, 9.17) is 11.6 Å². The molecule has 2 aromatic carbocycles. The number of urea groups is 1. The molecule has 3 N–H and O–H groups in total. The van der Waals surface area contributed by atoms with Crippen LogP contribution in [0, 0.1) is 0 Å². The van der Waals surface area contributed by atoms with Gasteiger partial charge in [0.15, 0.2) is 0 Å². The van der Waals surface area contributed by atoms with Gasteiger partial charge >= 0.3 is 6.03 Å². The number of carbonyl (C=O) groups is 1. The van der Waals surface area contributed by atoms with Gasteiger partial charge in [-0.05, 0) is 55.9 Å². The van der Waals surface area contributed by atoms with Crippen molar-refractivity contribution in [2.75, 3.05) is 26.0 Å². The number of nitrogens with one attached hydrogen (secondary N) is 2. The van der Waals surface area contributed by atoms with Crippen molar-refractivity contribution < 1.29 is 9.90 Å². The molecule has 6 heteroatoms. The van der Waals surface area contributed by atoms with Crippen LogP contribution in [0.25, 0.3) is 0 Å². The van der Waals surface area contributed by atoms with Crippen molar-refractivity contribution in [1.29, 1.82) is 0 Å². The van der Waals surface area contributed by atoms with E-state index in [1.807, 2.05) is 43.3 Å². The zero-order valence-corrected chi connectivity index (χ0v) is 14.6. The number of phenols is 1. The molecule has 0 radical (unpaired) electrons. The Morgan fingerprint density at radius 2 is 1.79 bits per heavy atom. The van der Waals surface area contributed by atoms with Gasteiger partial charge in [0.25, 0.3) is 0 Å². The number of nitrogens with zero attached hydrogens (tertiary/aromatic N) is 1. The molecule has 0 aliphatic heterocycles. The number of anilines is 1. The maximum absolute atomic E-state index is 12.0. The van der Waals surface area contributed by atoms with Gasteiger partial charge in [-0.1, -0.05) is 29.8 Å². The number of halogens is 1. The number of hydrogen-bond donors (Lipinski definition) is 3. The lowest BCUT2D eigenvalue weighted by Gasteiger charge is -2.13. The molecule has 128 valence electrons. The van der Waals surface area contributed by atoms with Gasteiger partial charge in [-0.15, -0.1) is 0 Å². The van der Waals surface area contributed by atoms with Gasteiger partial charge in [-0.3, -0.25) is 0 Å². The van der Waals surface area contributed by atoms with Crippen LogP contribution in [0.4, 0.5) is 10.5 Å². The van der Waals surface area contributed by atoms with Crippen LogP contribution >= 0.6 is 11.6 Å². The molecular weight excluding hydrogens is 326 g/mol. The first-order chi connectivity index (χ1) is 11.4. The number of carbonyl (C=O) groups excluding carboxylic acids is 1. The Kier molecular flexibility index (Phi) is 6.46. The summed E-state index contributed by atoms with van der Waals surface area (Å²) in [5, 5.41) is 15.3. The number of aromatic hydroxyl groups is 1. The highest BCUT2D eigenvalue weighted by molar-refractivity contribution is 6.33. The number of phenolic OH excluding ortho intramolecular Hbond substituents is 1. The van der Waals surface area contributed by atoms with Gasteiger partial charge in [-0.2, -0.15) is 0 Å². The lowest BCUT2D eigenvalue weighted by molar-refractivity contribution is 0.252. The predicted molar refractivity (Wildman–Crippen MR) is 97.7 cm³/mol.